The van der Waals surface area contributed by atoms with Gasteiger partial charge in [-0.1, -0.05) is 19.9 Å². The SMILES string of the molecule is CC(C)CN1CCN(Cc2ccc(C(=O)O)c(F)c2)CC1. The molecule has 4 nitrogen and oxygen atoms in total. The van der Waals surface area contributed by atoms with Crippen LogP contribution in [0, 0.1) is 11.7 Å². The maximum Gasteiger partial charge on any atom is 0.338 e. The first-order chi connectivity index (χ1) is 9.95. The number of nitrogens with zero attached hydrogens (tertiary/aromatic N) is 2. The van der Waals surface area contributed by atoms with E-state index in [0.29, 0.717) is 12.5 Å². The quantitative estimate of drug-likeness (QED) is 0.905. The van der Waals surface area contributed by atoms with Gasteiger partial charge in [-0.05, 0) is 23.6 Å². The monoisotopic (exact) mass is 294 g/mol. The summed E-state index contributed by atoms with van der Waals surface area (Å²) in [4.78, 5) is 15.5. The summed E-state index contributed by atoms with van der Waals surface area (Å²) in [5, 5.41) is 8.82. The Kier molecular flexibility index (Phi) is 5.31. The van der Waals surface area contributed by atoms with Gasteiger partial charge in [-0.2, -0.15) is 0 Å². The molecule has 0 bridgehead atoms. The Bertz CT molecular complexity index is 497. The third-order valence-electron chi connectivity index (χ3n) is 3.76. The molecular formula is C16H23FN2O2. The Morgan fingerprint density at radius 1 is 1.24 bits per heavy atom. The maximum atomic E-state index is 13.7. The lowest BCUT2D eigenvalue weighted by Gasteiger charge is -2.35. The lowest BCUT2D eigenvalue weighted by Crippen LogP contribution is -2.46. The molecule has 0 amide bonds. The summed E-state index contributed by atoms with van der Waals surface area (Å²) < 4.78 is 13.7. The second kappa shape index (κ2) is 7.00. The molecule has 1 aromatic carbocycles. The number of carboxylic acids is 1. The van der Waals surface area contributed by atoms with Gasteiger partial charge in [0.25, 0.3) is 0 Å². The van der Waals surface area contributed by atoms with E-state index in [9.17, 15) is 9.18 Å². The minimum atomic E-state index is -1.22. The molecule has 1 aromatic rings. The highest BCUT2D eigenvalue weighted by Crippen LogP contribution is 2.14. The summed E-state index contributed by atoms with van der Waals surface area (Å²) in [6, 6.07) is 4.39. The van der Waals surface area contributed by atoms with Gasteiger partial charge in [0.2, 0.25) is 0 Å². The van der Waals surface area contributed by atoms with Crippen LogP contribution in [-0.2, 0) is 6.54 Å². The van der Waals surface area contributed by atoms with E-state index in [2.05, 4.69) is 23.6 Å². The molecule has 1 N–H and O–H groups in total. The van der Waals surface area contributed by atoms with Crippen molar-refractivity contribution in [3.05, 3.63) is 35.1 Å². The lowest BCUT2D eigenvalue weighted by atomic mass is 10.1. The summed E-state index contributed by atoms with van der Waals surface area (Å²) in [6.45, 7) is 10.2. The van der Waals surface area contributed by atoms with E-state index in [1.165, 1.54) is 12.1 Å². The van der Waals surface area contributed by atoms with Crippen molar-refractivity contribution in [2.75, 3.05) is 32.7 Å². The van der Waals surface area contributed by atoms with Crippen molar-refractivity contribution in [3.8, 4) is 0 Å². The number of carbonyl (C=O) groups is 1. The van der Waals surface area contributed by atoms with E-state index in [0.717, 1.165) is 38.3 Å². The Balaban J connectivity index is 1.89. The molecule has 2 rings (SSSR count). The minimum Gasteiger partial charge on any atom is -0.478 e. The fourth-order valence-electron chi connectivity index (χ4n) is 2.73. The summed E-state index contributed by atoms with van der Waals surface area (Å²) >= 11 is 0. The van der Waals surface area contributed by atoms with Gasteiger partial charge in [0.15, 0.2) is 0 Å². The van der Waals surface area contributed by atoms with Gasteiger partial charge in [0.1, 0.15) is 5.82 Å². The molecule has 21 heavy (non-hydrogen) atoms. The number of benzene rings is 1. The molecule has 0 unspecified atom stereocenters. The molecule has 0 aromatic heterocycles. The van der Waals surface area contributed by atoms with Crippen LogP contribution in [0.3, 0.4) is 0 Å². The molecule has 116 valence electrons. The fraction of sp³-hybridized carbons (Fsp3) is 0.562. The van der Waals surface area contributed by atoms with Crippen LogP contribution in [0.1, 0.15) is 29.8 Å². The molecule has 1 aliphatic heterocycles. The highest BCUT2D eigenvalue weighted by Gasteiger charge is 2.18. The van der Waals surface area contributed by atoms with Gasteiger partial charge < -0.3 is 10.0 Å². The van der Waals surface area contributed by atoms with Crippen LogP contribution in [0.25, 0.3) is 0 Å². The summed E-state index contributed by atoms with van der Waals surface area (Å²) in [7, 11) is 0. The van der Waals surface area contributed by atoms with Crippen molar-refractivity contribution in [3.63, 3.8) is 0 Å². The molecule has 5 heteroatoms. The fourth-order valence-corrected chi connectivity index (χ4v) is 2.73. The summed E-state index contributed by atoms with van der Waals surface area (Å²) in [6.07, 6.45) is 0. The lowest BCUT2D eigenvalue weighted by molar-refractivity contribution is 0.0692. The first kappa shape index (κ1) is 15.9. The second-order valence-corrected chi connectivity index (χ2v) is 6.09. The van der Waals surface area contributed by atoms with E-state index in [-0.39, 0.29) is 5.56 Å². The molecular weight excluding hydrogens is 271 g/mol. The predicted octanol–water partition coefficient (Wildman–Crippen LogP) is 2.30. The van der Waals surface area contributed by atoms with Gasteiger partial charge in [0.05, 0.1) is 5.56 Å². The number of rotatable bonds is 5. The highest BCUT2D eigenvalue weighted by molar-refractivity contribution is 5.87. The van der Waals surface area contributed by atoms with Gasteiger partial charge >= 0.3 is 5.97 Å². The van der Waals surface area contributed by atoms with Crippen molar-refractivity contribution in [1.82, 2.24) is 9.80 Å². The molecule has 0 saturated carbocycles. The molecule has 0 atom stereocenters. The first-order valence-corrected chi connectivity index (χ1v) is 7.42. The number of piperazine rings is 1. The molecule has 1 saturated heterocycles. The Morgan fingerprint density at radius 3 is 2.38 bits per heavy atom. The Morgan fingerprint density at radius 2 is 1.86 bits per heavy atom. The zero-order valence-corrected chi connectivity index (χ0v) is 12.7. The number of hydrogen-bond acceptors (Lipinski definition) is 3. The molecule has 0 aliphatic carbocycles. The second-order valence-electron chi connectivity index (χ2n) is 6.09. The van der Waals surface area contributed by atoms with Crippen LogP contribution in [-0.4, -0.2) is 53.6 Å². The number of hydrogen-bond donors (Lipinski definition) is 1. The van der Waals surface area contributed by atoms with E-state index < -0.39 is 11.8 Å². The van der Waals surface area contributed by atoms with Crippen LogP contribution in [0.15, 0.2) is 18.2 Å². The van der Waals surface area contributed by atoms with Crippen LogP contribution in [0.2, 0.25) is 0 Å². The average Bonchev–Trinajstić information content (AvgIpc) is 2.40. The maximum absolute atomic E-state index is 13.7. The zero-order valence-electron chi connectivity index (χ0n) is 12.7. The Hall–Kier alpha value is -1.46. The summed E-state index contributed by atoms with van der Waals surface area (Å²) in [5.41, 5.74) is 0.565. The van der Waals surface area contributed by atoms with E-state index in [4.69, 9.17) is 5.11 Å². The van der Waals surface area contributed by atoms with E-state index >= 15 is 0 Å². The van der Waals surface area contributed by atoms with Crippen LogP contribution in [0.5, 0.6) is 0 Å². The van der Waals surface area contributed by atoms with Gasteiger partial charge in [-0.3, -0.25) is 4.90 Å². The van der Waals surface area contributed by atoms with Crippen molar-refractivity contribution in [1.29, 1.82) is 0 Å². The van der Waals surface area contributed by atoms with Gasteiger partial charge in [-0.25, -0.2) is 9.18 Å². The number of carboxylic acid groups (broad SMARTS) is 1. The van der Waals surface area contributed by atoms with Crippen molar-refractivity contribution in [2.24, 2.45) is 5.92 Å². The predicted molar refractivity (Wildman–Crippen MR) is 79.9 cm³/mol. The molecule has 1 aliphatic rings. The highest BCUT2D eigenvalue weighted by atomic mass is 19.1. The number of aromatic carboxylic acids is 1. The topological polar surface area (TPSA) is 43.8 Å². The van der Waals surface area contributed by atoms with Crippen molar-refractivity contribution >= 4 is 5.97 Å². The zero-order chi connectivity index (χ0) is 15.4. The molecule has 1 fully saturated rings. The normalized spacial score (nSPS) is 17.3. The number of halogens is 1. The van der Waals surface area contributed by atoms with Crippen molar-refractivity contribution < 1.29 is 14.3 Å². The smallest absolute Gasteiger partial charge is 0.338 e. The van der Waals surface area contributed by atoms with Crippen LogP contribution in [0.4, 0.5) is 4.39 Å². The Labute approximate surface area is 125 Å². The van der Waals surface area contributed by atoms with Crippen molar-refractivity contribution in [2.45, 2.75) is 20.4 Å². The van der Waals surface area contributed by atoms with Gasteiger partial charge in [-0.15, -0.1) is 0 Å². The van der Waals surface area contributed by atoms with Crippen LogP contribution < -0.4 is 0 Å². The summed E-state index contributed by atoms with van der Waals surface area (Å²) in [5.74, 6) is -1.20. The molecule has 0 radical (unpaired) electrons. The standard InChI is InChI=1S/C16H23FN2O2/c1-12(2)10-18-5-7-19(8-6-18)11-13-3-4-14(16(20)21)15(17)9-13/h3-4,9,12H,5-8,10-11H2,1-2H3,(H,20,21). The van der Waals surface area contributed by atoms with Crippen LogP contribution >= 0.6 is 0 Å². The van der Waals surface area contributed by atoms with E-state index in [1.54, 1.807) is 6.07 Å². The molecule has 1 heterocycles. The largest absolute Gasteiger partial charge is 0.478 e. The minimum absolute atomic E-state index is 0.263. The third kappa shape index (κ3) is 4.51. The van der Waals surface area contributed by atoms with E-state index in [1.807, 2.05) is 0 Å². The molecule has 0 spiro atoms. The third-order valence-corrected chi connectivity index (χ3v) is 3.76. The first-order valence-electron chi connectivity index (χ1n) is 7.42. The average molecular weight is 294 g/mol. The van der Waals surface area contributed by atoms with Gasteiger partial charge in [0, 0.05) is 39.3 Å².